The predicted molar refractivity (Wildman–Crippen MR) is 74.6 cm³/mol. The van der Waals surface area contributed by atoms with Gasteiger partial charge in [0.25, 0.3) is 5.19 Å². The van der Waals surface area contributed by atoms with Gasteiger partial charge in [-0.25, -0.2) is 0 Å². The summed E-state index contributed by atoms with van der Waals surface area (Å²) < 4.78 is 5.49. The quantitative estimate of drug-likeness (QED) is 0.471. The monoisotopic (exact) mass is 318 g/mol. The van der Waals surface area contributed by atoms with Crippen LogP contribution in [0.1, 0.15) is 10.4 Å². The van der Waals surface area contributed by atoms with Gasteiger partial charge in [-0.05, 0) is 12.5 Å². The molecule has 0 spiro atoms. The second kappa shape index (κ2) is 5.73. The highest BCUT2D eigenvalue weighted by Gasteiger charge is 2.20. The number of ether oxygens (including phenoxy) is 1. The molecule has 2 aromatic rings. The predicted octanol–water partition coefficient (Wildman–Crippen LogP) is 4.54. The lowest BCUT2D eigenvalue weighted by Crippen LogP contribution is -1.95. The van der Waals surface area contributed by atoms with Gasteiger partial charge in [0.15, 0.2) is 0 Å². The van der Waals surface area contributed by atoms with Crippen LogP contribution in [0.4, 0.5) is 5.69 Å². The average molecular weight is 319 g/mol. The van der Waals surface area contributed by atoms with Crippen LogP contribution in [0.15, 0.2) is 18.2 Å². The molecule has 0 radical (unpaired) electrons. The molecule has 0 fully saturated rings. The molecule has 8 heteroatoms. The molecule has 0 N–H and O–H groups in total. The first kappa shape index (κ1) is 14.0. The van der Waals surface area contributed by atoms with E-state index in [0.717, 1.165) is 11.3 Å². The molecule has 5 nitrogen and oxygen atoms in total. The molecule has 1 aromatic carbocycles. The van der Waals surface area contributed by atoms with Crippen molar-refractivity contribution in [1.82, 2.24) is 4.98 Å². The summed E-state index contributed by atoms with van der Waals surface area (Å²) in [6, 6.07) is 4.69. The Labute approximate surface area is 122 Å². The Hall–Kier alpha value is -1.37. The summed E-state index contributed by atoms with van der Waals surface area (Å²) in [5, 5.41) is 11.4. The first-order valence-corrected chi connectivity index (χ1v) is 6.89. The van der Waals surface area contributed by atoms with Crippen molar-refractivity contribution in [2.75, 3.05) is 0 Å². The van der Waals surface area contributed by atoms with Gasteiger partial charge in [-0.3, -0.25) is 10.1 Å². The number of aromatic nitrogens is 1. The largest absolute Gasteiger partial charge is 0.423 e. The number of halogens is 2. The summed E-state index contributed by atoms with van der Waals surface area (Å²) in [4.78, 5) is 15.1. The van der Waals surface area contributed by atoms with Gasteiger partial charge in [-0.1, -0.05) is 35.1 Å². The third-order valence-corrected chi connectivity index (χ3v) is 4.11. The topological polar surface area (TPSA) is 65.3 Å². The molecule has 100 valence electrons. The molecule has 0 unspecified atom stereocenters. The number of thiazole rings is 1. The molecule has 0 saturated heterocycles. The molecule has 0 bridgehead atoms. The molecule has 1 aromatic heterocycles. The summed E-state index contributed by atoms with van der Waals surface area (Å²) in [5.74, 6) is 0.384. The highest BCUT2D eigenvalue weighted by Crippen LogP contribution is 2.38. The van der Waals surface area contributed by atoms with E-state index in [4.69, 9.17) is 27.9 Å². The van der Waals surface area contributed by atoms with Gasteiger partial charge >= 0.3 is 5.69 Å². The zero-order chi connectivity index (χ0) is 14.0. The van der Waals surface area contributed by atoms with Crippen LogP contribution in [-0.2, 0) is 5.88 Å². The Balaban J connectivity index is 2.39. The number of aryl methyl sites for hydroxylation is 1. The van der Waals surface area contributed by atoms with E-state index < -0.39 is 4.92 Å². The standard InChI is InChI=1S/C11H8Cl2N2O3S/c1-6-3-2-4-7(15(16)17)9(6)18-11-14-10(13)8(5-12)19-11/h2-4H,5H2,1H3. The lowest BCUT2D eigenvalue weighted by molar-refractivity contribution is -0.385. The highest BCUT2D eigenvalue weighted by molar-refractivity contribution is 7.14. The molecular formula is C11H8Cl2N2O3S. The number of nitrogens with zero attached hydrogens (tertiary/aromatic N) is 2. The van der Waals surface area contributed by atoms with Gasteiger partial charge in [0.05, 0.1) is 15.7 Å². The van der Waals surface area contributed by atoms with Gasteiger partial charge in [-0.2, -0.15) is 4.98 Å². The fourth-order valence-corrected chi connectivity index (χ4v) is 2.76. The molecule has 19 heavy (non-hydrogen) atoms. The van der Waals surface area contributed by atoms with Gasteiger partial charge in [0.2, 0.25) is 5.75 Å². The van der Waals surface area contributed by atoms with Gasteiger partial charge in [0.1, 0.15) is 5.15 Å². The van der Waals surface area contributed by atoms with E-state index in [0.29, 0.717) is 10.4 Å². The number of nitro groups is 1. The Kier molecular flexibility index (Phi) is 4.24. The zero-order valence-corrected chi connectivity index (χ0v) is 12.1. The van der Waals surface area contributed by atoms with Crippen molar-refractivity contribution < 1.29 is 9.66 Å². The van der Waals surface area contributed by atoms with Crippen LogP contribution >= 0.6 is 34.5 Å². The number of alkyl halides is 1. The van der Waals surface area contributed by atoms with Crippen molar-refractivity contribution >= 4 is 40.2 Å². The fraction of sp³-hybridized carbons (Fsp3) is 0.182. The van der Waals surface area contributed by atoms with Crippen molar-refractivity contribution in [3.63, 3.8) is 0 Å². The van der Waals surface area contributed by atoms with Crippen LogP contribution in [0.25, 0.3) is 0 Å². The van der Waals surface area contributed by atoms with E-state index >= 15 is 0 Å². The molecule has 0 saturated carbocycles. The smallest absolute Gasteiger partial charge is 0.311 e. The molecule has 0 aliphatic carbocycles. The zero-order valence-electron chi connectivity index (χ0n) is 9.72. The minimum atomic E-state index is -0.500. The lowest BCUT2D eigenvalue weighted by Gasteiger charge is -2.05. The molecule has 0 aliphatic rings. The highest BCUT2D eigenvalue weighted by atomic mass is 35.5. The van der Waals surface area contributed by atoms with Crippen LogP contribution in [0.5, 0.6) is 10.9 Å². The SMILES string of the molecule is Cc1cccc([N+](=O)[O-])c1Oc1nc(Cl)c(CCl)s1. The van der Waals surface area contributed by atoms with Gasteiger partial charge in [0, 0.05) is 6.07 Å². The minimum Gasteiger partial charge on any atom is -0.423 e. The number of nitro benzene ring substituents is 1. The lowest BCUT2D eigenvalue weighted by atomic mass is 10.2. The van der Waals surface area contributed by atoms with Crippen molar-refractivity contribution in [2.45, 2.75) is 12.8 Å². The van der Waals surface area contributed by atoms with Gasteiger partial charge < -0.3 is 4.74 Å². The van der Waals surface area contributed by atoms with E-state index in [1.807, 2.05) is 0 Å². The Morgan fingerprint density at radius 3 is 2.84 bits per heavy atom. The van der Waals surface area contributed by atoms with E-state index in [1.54, 1.807) is 19.1 Å². The Bertz CT molecular complexity index is 630. The first-order valence-electron chi connectivity index (χ1n) is 5.16. The van der Waals surface area contributed by atoms with Gasteiger partial charge in [-0.15, -0.1) is 11.6 Å². The normalized spacial score (nSPS) is 10.5. The number of benzene rings is 1. The van der Waals surface area contributed by atoms with Crippen molar-refractivity contribution in [3.05, 3.63) is 43.9 Å². The molecule has 2 rings (SSSR count). The molecule has 1 heterocycles. The number of hydrogen-bond donors (Lipinski definition) is 0. The third-order valence-electron chi connectivity index (χ3n) is 2.33. The van der Waals surface area contributed by atoms with E-state index in [1.165, 1.54) is 6.07 Å². The Morgan fingerprint density at radius 2 is 2.26 bits per heavy atom. The summed E-state index contributed by atoms with van der Waals surface area (Å²) in [6.07, 6.45) is 0. The molecular weight excluding hydrogens is 311 g/mol. The fourth-order valence-electron chi connectivity index (χ4n) is 1.44. The summed E-state index contributed by atoms with van der Waals surface area (Å²) in [5.41, 5.74) is 0.534. The number of para-hydroxylation sites is 1. The maximum absolute atomic E-state index is 11.0. The van der Waals surface area contributed by atoms with Crippen LogP contribution in [0, 0.1) is 17.0 Å². The number of hydrogen-bond acceptors (Lipinski definition) is 5. The summed E-state index contributed by atoms with van der Waals surface area (Å²) >= 11 is 12.7. The van der Waals surface area contributed by atoms with Crippen molar-refractivity contribution in [1.29, 1.82) is 0 Å². The summed E-state index contributed by atoms with van der Waals surface area (Å²) in [6.45, 7) is 1.72. The second-order valence-corrected chi connectivity index (χ2v) is 5.28. The molecule has 0 amide bonds. The van der Waals surface area contributed by atoms with Crippen molar-refractivity contribution in [3.8, 4) is 10.9 Å². The number of rotatable bonds is 4. The minimum absolute atomic E-state index is 0.112. The van der Waals surface area contributed by atoms with Crippen LogP contribution < -0.4 is 4.74 Å². The van der Waals surface area contributed by atoms with E-state index in [9.17, 15) is 10.1 Å². The van der Waals surface area contributed by atoms with Crippen LogP contribution in [0.3, 0.4) is 0 Å². The first-order chi connectivity index (χ1) is 9.02. The maximum atomic E-state index is 11.0. The maximum Gasteiger partial charge on any atom is 0.311 e. The summed E-state index contributed by atoms with van der Waals surface area (Å²) in [7, 11) is 0. The van der Waals surface area contributed by atoms with Crippen LogP contribution in [-0.4, -0.2) is 9.91 Å². The van der Waals surface area contributed by atoms with Crippen molar-refractivity contribution in [2.24, 2.45) is 0 Å². The van der Waals surface area contributed by atoms with E-state index in [-0.39, 0.29) is 27.7 Å². The average Bonchev–Trinajstić information content (AvgIpc) is 2.71. The Morgan fingerprint density at radius 1 is 1.53 bits per heavy atom. The molecule has 0 aliphatic heterocycles. The third kappa shape index (κ3) is 2.97. The second-order valence-electron chi connectivity index (χ2n) is 3.61. The molecule has 0 atom stereocenters. The van der Waals surface area contributed by atoms with E-state index in [2.05, 4.69) is 4.98 Å². The van der Waals surface area contributed by atoms with Crippen LogP contribution in [0.2, 0.25) is 5.15 Å².